The van der Waals surface area contributed by atoms with E-state index < -0.39 is 0 Å². The second-order valence-electron chi connectivity index (χ2n) is 23.8. The fraction of sp³-hybridized carbons (Fsp3) is 0.906. The number of unbranched alkanes of at least 4 members (excludes halogenated alkanes) is 2. The van der Waals surface area contributed by atoms with Crippen molar-refractivity contribution >= 4 is 35.8 Å². The molecular weight excluding hydrogens is 961 g/mol. The lowest BCUT2D eigenvalue weighted by Crippen LogP contribution is -2.26. The molecule has 0 aliphatic heterocycles. The van der Waals surface area contributed by atoms with E-state index in [1.54, 1.807) is 0 Å². The van der Waals surface area contributed by atoms with Crippen LogP contribution in [-0.2, 0) is 57.2 Å². The van der Waals surface area contributed by atoms with Crippen LogP contribution in [0.15, 0.2) is 0 Å². The summed E-state index contributed by atoms with van der Waals surface area (Å²) in [4.78, 5) is 65.6. The summed E-state index contributed by atoms with van der Waals surface area (Å²) >= 11 is 0. The average Bonchev–Trinajstić information content (AvgIpc) is 3.38. The third kappa shape index (κ3) is 70.8. The molecule has 12 nitrogen and oxygen atoms in total. The van der Waals surface area contributed by atoms with Gasteiger partial charge >= 0.3 is 35.8 Å². The highest BCUT2D eigenvalue weighted by Crippen LogP contribution is 2.23. The molecule has 0 spiro atoms. The lowest BCUT2D eigenvalue weighted by molar-refractivity contribution is -0.154. The van der Waals surface area contributed by atoms with E-state index in [0.717, 1.165) is 70.1 Å². The topological polar surface area (TPSA) is 158 Å². The van der Waals surface area contributed by atoms with Gasteiger partial charge in [-0.05, 0) is 124 Å². The van der Waals surface area contributed by atoms with Crippen LogP contribution >= 0.6 is 0 Å². The Morgan fingerprint density at radius 3 is 0.803 bits per heavy atom. The Morgan fingerprint density at radius 1 is 0.342 bits per heavy atom. The van der Waals surface area contributed by atoms with Crippen molar-refractivity contribution < 1.29 is 57.2 Å². The number of carbonyl (C=O) groups is 6. The number of hydrogen-bond acceptors (Lipinski definition) is 12. The van der Waals surface area contributed by atoms with E-state index >= 15 is 0 Å². The van der Waals surface area contributed by atoms with Gasteiger partial charge in [0.1, 0.15) is 0 Å². The van der Waals surface area contributed by atoms with Crippen molar-refractivity contribution in [3.05, 3.63) is 0 Å². The molecule has 0 N–H and O–H groups in total. The summed E-state index contributed by atoms with van der Waals surface area (Å²) in [6, 6.07) is 0. The molecule has 0 saturated carbocycles. The largest absolute Gasteiger partial charge is 0.469 e. The first kappa shape index (κ1) is 92.2. The molecule has 0 heterocycles. The van der Waals surface area contributed by atoms with Gasteiger partial charge in [0.15, 0.2) is 0 Å². The van der Waals surface area contributed by atoms with Gasteiger partial charge in [-0.25, -0.2) is 0 Å². The summed E-state index contributed by atoms with van der Waals surface area (Å²) < 4.78 is 28.7. The molecule has 0 amide bonds. The van der Waals surface area contributed by atoms with Crippen molar-refractivity contribution in [2.75, 3.05) is 40.6 Å². The first-order valence-electron chi connectivity index (χ1n) is 29.5. The molecule has 3 unspecified atom stereocenters. The molecule has 462 valence electrons. The molecule has 12 heteroatoms. The van der Waals surface area contributed by atoms with Crippen LogP contribution in [0.25, 0.3) is 0 Å². The van der Waals surface area contributed by atoms with E-state index in [-0.39, 0.29) is 69.8 Å². The second-order valence-corrected chi connectivity index (χ2v) is 23.8. The van der Waals surface area contributed by atoms with Crippen LogP contribution in [0.4, 0.5) is 0 Å². The monoisotopic (exact) mass is 1090 g/mol. The molecule has 76 heavy (non-hydrogen) atoms. The molecule has 0 fully saturated rings. The van der Waals surface area contributed by atoms with E-state index in [1.165, 1.54) is 33.5 Å². The summed E-state index contributed by atoms with van der Waals surface area (Å²) in [6.45, 7) is 63.3. The highest BCUT2D eigenvalue weighted by molar-refractivity contribution is 5.76. The van der Waals surface area contributed by atoms with Crippen molar-refractivity contribution in [1.82, 2.24) is 0 Å². The smallest absolute Gasteiger partial charge is 0.311 e. The lowest BCUT2D eigenvalue weighted by atomic mass is 9.91. The van der Waals surface area contributed by atoms with E-state index in [2.05, 4.69) is 99.5 Å². The summed E-state index contributed by atoms with van der Waals surface area (Å²) in [5.74, 6) is 0.501. The quantitative estimate of drug-likeness (QED) is 0.0609. The predicted molar refractivity (Wildman–Crippen MR) is 324 cm³/mol. The highest BCUT2D eigenvalue weighted by atomic mass is 16.5. The number of rotatable bonds is 21. The van der Waals surface area contributed by atoms with Gasteiger partial charge in [0.25, 0.3) is 0 Å². The lowest BCUT2D eigenvalue weighted by Gasteiger charge is -2.19. The van der Waals surface area contributed by atoms with E-state index in [0.29, 0.717) is 37.3 Å². The number of methoxy groups -OCH3 is 2. The standard InChI is InChI=1S/C10H20O2.C9H18O2.C8H16O2.2C7H14O2.C6H12O2.2C6H14.C5H12/c1-5-7-8-12-9(11)10(3,4)6-2;1-4-6-7-11-9(10)8(3)5-2;1-5-8(3,4)7(9)10-6-2;1-5-7(2,3)6(8)9-4;1-4-6(3)7(8)9-5-2;1-4-5(2)6(7)8-3;2*1-5-6(2,3)4;1-4-5(2)3/h5-8H2,1-4H3;8H,4-7H2,1-3H3;5-6H2,1-4H3;5H2,1-4H3;6H,4-5H2,1-3H3;5H,4H2,1-3H3;2*5H2,1-4H3;5H,4H2,1-3H3. The normalized spacial score (nSPS) is 11.8. The van der Waals surface area contributed by atoms with Gasteiger partial charge in [-0.2, -0.15) is 0 Å². The van der Waals surface area contributed by atoms with Gasteiger partial charge in [0, 0.05) is 0 Å². The van der Waals surface area contributed by atoms with Crippen molar-refractivity contribution in [3.8, 4) is 0 Å². The van der Waals surface area contributed by atoms with Crippen molar-refractivity contribution in [3.63, 3.8) is 0 Å². The maximum atomic E-state index is 11.3. The zero-order valence-corrected chi connectivity index (χ0v) is 56.7. The zero-order valence-electron chi connectivity index (χ0n) is 56.7. The third-order valence-electron chi connectivity index (χ3n) is 12.7. The maximum absolute atomic E-state index is 11.3. The second kappa shape index (κ2) is 56.5. The molecule has 3 atom stereocenters. The molecule has 0 aromatic carbocycles. The molecule has 0 aromatic heterocycles. The van der Waals surface area contributed by atoms with Crippen LogP contribution in [0.2, 0.25) is 0 Å². The number of esters is 6. The number of carbonyl (C=O) groups excluding carboxylic acids is 6. The van der Waals surface area contributed by atoms with Crippen LogP contribution < -0.4 is 0 Å². The number of hydrogen-bond donors (Lipinski definition) is 0. The van der Waals surface area contributed by atoms with E-state index in [9.17, 15) is 28.8 Å². The summed E-state index contributed by atoms with van der Waals surface area (Å²) in [5, 5.41) is 0. The summed E-state index contributed by atoms with van der Waals surface area (Å²) in [6.07, 6.45) is 13.0. The van der Waals surface area contributed by atoms with Gasteiger partial charge in [-0.3, -0.25) is 28.8 Å². The van der Waals surface area contributed by atoms with Crippen LogP contribution in [-0.4, -0.2) is 76.5 Å². The zero-order chi connectivity index (χ0) is 62.5. The molecule has 0 radical (unpaired) electrons. The first-order chi connectivity index (χ1) is 34.7. The molecule has 0 aliphatic rings. The minimum absolute atomic E-state index is 0.0547. The van der Waals surface area contributed by atoms with E-state index in [1.807, 2.05) is 118 Å². The molecular formula is C64H134O12. The number of ether oxygens (including phenoxy) is 6. The van der Waals surface area contributed by atoms with Crippen LogP contribution in [0.3, 0.4) is 0 Å². The Labute approximate surface area is 473 Å². The predicted octanol–water partition coefficient (Wildman–Crippen LogP) is 18.5. The highest BCUT2D eigenvalue weighted by Gasteiger charge is 2.28. The Balaban J connectivity index is -0.0000000960. The van der Waals surface area contributed by atoms with E-state index in [4.69, 9.17) is 18.9 Å². The fourth-order valence-electron chi connectivity index (χ4n) is 2.99. The van der Waals surface area contributed by atoms with Crippen molar-refractivity contribution in [2.24, 2.45) is 50.7 Å². The van der Waals surface area contributed by atoms with Gasteiger partial charge in [0.2, 0.25) is 0 Å². The first-order valence-corrected chi connectivity index (χ1v) is 29.5. The van der Waals surface area contributed by atoms with Crippen molar-refractivity contribution in [2.45, 2.75) is 291 Å². The third-order valence-corrected chi connectivity index (χ3v) is 12.7. The maximum Gasteiger partial charge on any atom is 0.311 e. The Kier molecular flexibility index (Phi) is 68.6. The fourth-order valence-corrected chi connectivity index (χ4v) is 2.99. The van der Waals surface area contributed by atoms with Gasteiger partial charge in [-0.1, -0.05) is 184 Å². The van der Waals surface area contributed by atoms with Crippen LogP contribution in [0, 0.1) is 50.7 Å². The van der Waals surface area contributed by atoms with Crippen molar-refractivity contribution in [1.29, 1.82) is 0 Å². The van der Waals surface area contributed by atoms with Crippen LogP contribution in [0.5, 0.6) is 0 Å². The minimum atomic E-state index is -0.312. The van der Waals surface area contributed by atoms with Gasteiger partial charge < -0.3 is 28.4 Å². The molecule has 0 saturated heterocycles. The summed E-state index contributed by atoms with van der Waals surface area (Å²) in [7, 11) is 2.83. The van der Waals surface area contributed by atoms with Crippen LogP contribution in [0.1, 0.15) is 291 Å². The molecule has 0 aromatic rings. The molecule has 0 aliphatic carbocycles. The SMILES string of the molecule is CCC(C)(C)C.CCC(C)(C)C.CCC(C)(C)C(=O)OC.CCC(C)C.CCC(C)C(=O)OC.CCCCOC(=O)C(C)(C)CC.CCCCOC(=O)C(C)CC.CCOC(=O)C(C)(C)CC.CCOC(=O)C(C)CC. The van der Waals surface area contributed by atoms with Gasteiger partial charge in [0.05, 0.1) is 74.6 Å². The van der Waals surface area contributed by atoms with Gasteiger partial charge in [-0.15, -0.1) is 0 Å². The Hall–Kier alpha value is -3.18. The molecule has 0 rings (SSSR count). The summed E-state index contributed by atoms with van der Waals surface area (Å²) in [5.41, 5.74) is 0.151. The Morgan fingerprint density at radius 2 is 0.605 bits per heavy atom. The minimum Gasteiger partial charge on any atom is -0.469 e. The average molecular weight is 1100 g/mol. The molecule has 0 bridgehead atoms. The Bertz CT molecular complexity index is 1320.